The number of ether oxygens (including phenoxy) is 2. The zero-order valence-corrected chi connectivity index (χ0v) is 12.7. The van der Waals surface area contributed by atoms with E-state index in [1.165, 1.54) is 13.2 Å². The van der Waals surface area contributed by atoms with Gasteiger partial charge in [-0.25, -0.2) is 14.4 Å². The van der Waals surface area contributed by atoms with Crippen LogP contribution in [0.25, 0.3) is 0 Å². The molecule has 0 aliphatic carbocycles. The lowest BCUT2D eigenvalue weighted by Crippen LogP contribution is -2.54. The van der Waals surface area contributed by atoms with Crippen LogP contribution in [0.15, 0.2) is 21.7 Å². The van der Waals surface area contributed by atoms with Gasteiger partial charge in [0.15, 0.2) is 12.1 Å². The number of alkyl halides is 2. The van der Waals surface area contributed by atoms with Crippen LogP contribution in [-0.4, -0.2) is 37.3 Å². The van der Waals surface area contributed by atoms with Crippen LogP contribution in [0.1, 0.15) is 12.1 Å². The van der Waals surface area contributed by atoms with Crippen molar-refractivity contribution in [1.29, 1.82) is 0 Å². The third-order valence-electron chi connectivity index (χ3n) is 3.18. The summed E-state index contributed by atoms with van der Waals surface area (Å²) >= 11 is 3.04. The molecule has 2 heterocycles. The van der Waals surface area contributed by atoms with E-state index in [9.17, 15) is 13.2 Å². The number of rotatable bonds is 4. The third kappa shape index (κ3) is 2.84. The van der Waals surface area contributed by atoms with Gasteiger partial charge in [0.25, 0.3) is 6.02 Å². The first-order chi connectivity index (χ1) is 9.82. The van der Waals surface area contributed by atoms with Gasteiger partial charge in [0.05, 0.1) is 0 Å². The smallest absolute Gasteiger partial charge is 0.312 e. The highest BCUT2D eigenvalue weighted by Crippen LogP contribution is 2.46. The molecule has 0 fully saturated rings. The van der Waals surface area contributed by atoms with Crippen molar-refractivity contribution in [2.24, 2.45) is 10.7 Å². The predicted molar refractivity (Wildman–Crippen MR) is 72.6 cm³/mol. The van der Waals surface area contributed by atoms with Crippen LogP contribution in [0.3, 0.4) is 0 Å². The Bertz CT molecular complexity index is 571. The Kier molecular flexibility index (Phi) is 4.43. The highest BCUT2D eigenvalue weighted by atomic mass is 79.9. The Morgan fingerprint density at radius 1 is 1.48 bits per heavy atom. The zero-order valence-electron chi connectivity index (χ0n) is 11.1. The van der Waals surface area contributed by atoms with Gasteiger partial charge >= 0.3 is 5.92 Å². The molecule has 0 saturated carbocycles. The largest absolute Gasteiger partial charge is 0.459 e. The molecule has 1 aromatic rings. The van der Waals surface area contributed by atoms with Crippen LogP contribution in [0.4, 0.5) is 13.2 Å². The molecule has 1 aromatic heterocycles. The van der Waals surface area contributed by atoms with E-state index in [4.69, 9.17) is 10.5 Å². The van der Waals surface area contributed by atoms with E-state index in [1.54, 1.807) is 0 Å². The second-order valence-electron chi connectivity index (χ2n) is 4.51. The Balaban J connectivity index is 2.66. The fraction of sp³-hybridized carbons (Fsp3) is 0.500. The summed E-state index contributed by atoms with van der Waals surface area (Å²) in [6, 6.07) is 1.92. The number of hydrogen-bond acceptors (Lipinski definition) is 5. The second-order valence-corrected chi connectivity index (χ2v) is 5.32. The Labute approximate surface area is 127 Å². The number of methoxy groups -OCH3 is 1. The fourth-order valence-electron chi connectivity index (χ4n) is 2.13. The molecule has 1 aliphatic rings. The number of halogens is 4. The summed E-state index contributed by atoms with van der Waals surface area (Å²) in [5.41, 5.74) is 2.66. The van der Waals surface area contributed by atoms with E-state index in [0.717, 1.165) is 6.07 Å². The number of amidine groups is 1. The van der Waals surface area contributed by atoms with E-state index < -0.39 is 35.6 Å². The molecule has 2 rings (SSSR count). The van der Waals surface area contributed by atoms with E-state index in [-0.39, 0.29) is 17.6 Å². The first-order valence-corrected chi connectivity index (χ1v) is 6.79. The van der Waals surface area contributed by atoms with Gasteiger partial charge in [-0.15, -0.1) is 0 Å². The maximum atomic E-state index is 14.5. The van der Waals surface area contributed by atoms with Gasteiger partial charge in [-0.1, -0.05) is 0 Å². The first kappa shape index (κ1) is 16.0. The third-order valence-corrected chi connectivity index (χ3v) is 3.62. The molecule has 1 aliphatic heterocycles. The van der Waals surface area contributed by atoms with Crippen LogP contribution >= 0.6 is 15.9 Å². The van der Waals surface area contributed by atoms with Gasteiger partial charge < -0.3 is 15.2 Å². The summed E-state index contributed by atoms with van der Waals surface area (Å²) in [6.45, 7) is -1.07. The lowest BCUT2D eigenvalue weighted by atomic mass is 9.84. The standard InChI is InChI=1S/C12H13BrF3N3O2/c1-20-5-4-11(9-7(14)2-3-8(13)18-9)12(15,16)6-21-10(17)19-11/h2-3H,4-6H2,1H3,(H2,17,19). The molecule has 21 heavy (non-hydrogen) atoms. The number of aromatic nitrogens is 1. The molecular weight excluding hydrogens is 355 g/mol. The predicted octanol–water partition coefficient (Wildman–Crippen LogP) is 2.20. The molecule has 1 unspecified atom stereocenters. The maximum Gasteiger partial charge on any atom is 0.312 e. The number of hydrogen-bond donors (Lipinski definition) is 1. The fourth-order valence-corrected chi connectivity index (χ4v) is 2.44. The van der Waals surface area contributed by atoms with Crippen molar-refractivity contribution in [2.75, 3.05) is 20.3 Å². The summed E-state index contributed by atoms with van der Waals surface area (Å²) < 4.78 is 52.6. The number of aliphatic imine (C=N–C) groups is 1. The molecule has 0 bridgehead atoms. The minimum absolute atomic E-state index is 0.0694. The monoisotopic (exact) mass is 367 g/mol. The molecule has 0 radical (unpaired) electrons. The summed E-state index contributed by atoms with van der Waals surface area (Å²) in [4.78, 5) is 7.53. The van der Waals surface area contributed by atoms with Gasteiger partial charge in [-0.05, 0) is 28.1 Å². The van der Waals surface area contributed by atoms with E-state index in [0.29, 0.717) is 0 Å². The number of pyridine rings is 1. The van der Waals surface area contributed by atoms with Crippen molar-refractivity contribution in [2.45, 2.75) is 17.9 Å². The molecule has 116 valence electrons. The van der Waals surface area contributed by atoms with E-state index in [1.807, 2.05) is 0 Å². The average Bonchev–Trinajstić information content (AvgIpc) is 2.43. The zero-order chi connectivity index (χ0) is 15.7. The molecule has 0 aromatic carbocycles. The molecule has 2 N–H and O–H groups in total. The topological polar surface area (TPSA) is 69.7 Å². The molecule has 0 saturated heterocycles. The van der Waals surface area contributed by atoms with Crippen LogP contribution in [0, 0.1) is 5.82 Å². The number of nitrogens with two attached hydrogens (primary N) is 1. The first-order valence-electron chi connectivity index (χ1n) is 6.00. The minimum Gasteiger partial charge on any atom is -0.459 e. The van der Waals surface area contributed by atoms with Gasteiger partial charge in [0, 0.05) is 20.1 Å². The quantitative estimate of drug-likeness (QED) is 0.828. The highest BCUT2D eigenvalue weighted by molar-refractivity contribution is 9.10. The van der Waals surface area contributed by atoms with E-state index >= 15 is 0 Å². The minimum atomic E-state index is -3.48. The van der Waals surface area contributed by atoms with Gasteiger partial charge in [-0.3, -0.25) is 0 Å². The van der Waals surface area contributed by atoms with Gasteiger partial charge in [0.2, 0.25) is 0 Å². The Hall–Kier alpha value is -1.35. The summed E-state index contributed by atoms with van der Waals surface area (Å²) in [6.07, 6.45) is -0.291. The van der Waals surface area contributed by atoms with Crippen LogP contribution < -0.4 is 5.73 Å². The van der Waals surface area contributed by atoms with Crippen LogP contribution in [0.2, 0.25) is 0 Å². The highest BCUT2D eigenvalue weighted by Gasteiger charge is 2.60. The molecular formula is C12H13BrF3N3O2. The summed E-state index contributed by atoms with van der Waals surface area (Å²) in [5.74, 6) is -4.38. The summed E-state index contributed by atoms with van der Waals surface area (Å²) in [7, 11) is 1.35. The van der Waals surface area contributed by atoms with Crippen LogP contribution in [-0.2, 0) is 15.0 Å². The lowest BCUT2D eigenvalue weighted by Gasteiger charge is -2.39. The average molecular weight is 368 g/mol. The van der Waals surface area contributed by atoms with Gasteiger partial charge in [-0.2, -0.15) is 8.78 Å². The normalized spacial score (nSPS) is 24.3. The molecule has 1 atom stereocenters. The van der Waals surface area contributed by atoms with Gasteiger partial charge in [0.1, 0.15) is 16.1 Å². The molecule has 9 heteroatoms. The maximum absolute atomic E-state index is 14.5. The van der Waals surface area contributed by atoms with Crippen molar-refractivity contribution in [1.82, 2.24) is 4.98 Å². The lowest BCUT2D eigenvalue weighted by molar-refractivity contribution is -0.131. The van der Waals surface area contributed by atoms with Crippen molar-refractivity contribution in [3.05, 3.63) is 28.2 Å². The Morgan fingerprint density at radius 2 is 2.19 bits per heavy atom. The molecule has 0 amide bonds. The van der Waals surface area contributed by atoms with E-state index in [2.05, 4.69) is 30.6 Å². The molecule has 0 spiro atoms. The molecule has 5 nitrogen and oxygen atoms in total. The number of nitrogens with zero attached hydrogens (tertiary/aromatic N) is 2. The second kappa shape index (κ2) is 5.80. The van der Waals surface area contributed by atoms with Crippen molar-refractivity contribution in [3.8, 4) is 0 Å². The summed E-state index contributed by atoms with van der Waals surface area (Å²) in [5, 5.41) is 0. The van der Waals surface area contributed by atoms with Crippen molar-refractivity contribution in [3.63, 3.8) is 0 Å². The van der Waals surface area contributed by atoms with Crippen LogP contribution in [0.5, 0.6) is 0 Å². The van der Waals surface area contributed by atoms with Crippen molar-refractivity contribution < 1.29 is 22.6 Å². The van der Waals surface area contributed by atoms with Crippen molar-refractivity contribution >= 4 is 22.0 Å². The Morgan fingerprint density at radius 3 is 2.86 bits per heavy atom. The SMILES string of the molecule is COCCC1(c2nc(Br)ccc2F)N=C(N)OCC1(F)F.